The fraction of sp³-hybridized carbons (Fsp3) is 0.158. The molecule has 1 amide bonds. The second kappa shape index (κ2) is 6.67. The van der Waals surface area contributed by atoms with Crippen LogP contribution >= 0.6 is 0 Å². The van der Waals surface area contributed by atoms with Gasteiger partial charge in [0.25, 0.3) is 5.91 Å². The lowest BCUT2D eigenvalue weighted by Crippen LogP contribution is -2.26. The number of benzene rings is 2. The number of halogens is 3. The molecule has 0 unspecified atom stereocenters. The Hall–Kier alpha value is -3.09. The van der Waals surface area contributed by atoms with Gasteiger partial charge in [-0.1, -0.05) is 17.7 Å². The molecule has 134 valence electrons. The first-order chi connectivity index (χ1) is 12.3. The van der Waals surface area contributed by atoms with E-state index < -0.39 is 11.9 Å². The third-order valence-electron chi connectivity index (χ3n) is 3.98. The average molecular weight is 359 g/mol. The molecule has 26 heavy (non-hydrogen) atoms. The Morgan fingerprint density at radius 3 is 2.15 bits per heavy atom. The van der Waals surface area contributed by atoms with Gasteiger partial charge in [0.15, 0.2) is 5.69 Å². The summed E-state index contributed by atoms with van der Waals surface area (Å²) < 4.78 is 39.0. The second-order valence-corrected chi connectivity index (χ2v) is 5.89. The lowest BCUT2D eigenvalue weighted by molar-refractivity contribution is -0.141. The first kappa shape index (κ1) is 17.7. The molecular weight excluding hydrogens is 343 g/mol. The summed E-state index contributed by atoms with van der Waals surface area (Å²) in [6.07, 6.45) is -3.25. The summed E-state index contributed by atoms with van der Waals surface area (Å²) in [4.78, 5) is 14.1. The molecule has 0 atom stereocenters. The van der Waals surface area contributed by atoms with Crippen LogP contribution in [0.3, 0.4) is 0 Å². The van der Waals surface area contributed by atoms with E-state index in [0.29, 0.717) is 11.3 Å². The number of nitrogens with zero attached hydrogens (tertiary/aromatic N) is 3. The molecule has 0 aliphatic rings. The number of aromatic nitrogens is 2. The fourth-order valence-electron chi connectivity index (χ4n) is 2.45. The summed E-state index contributed by atoms with van der Waals surface area (Å²) in [7, 11) is 1.67. The second-order valence-electron chi connectivity index (χ2n) is 5.89. The third kappa shape index (κ3) is 3.61. The Morgan fingerprint density at radius 1 is 1.00 bits per heavy atom. The zero-order valence-electron chi connectivity index (χ0n) is 14.2. The minimum Gasteiger partial charge on any atom is -0.311 e. The molecule has 1 heterocycles. The molecule has 0 saturated carbocycles. The molecule has 2 aromatic carbocycles. The van der Waals surface area contributed by atoms with E-state index in [4.69, 9.17) is 0 Å². The molecule has 0 bridgehead atoms. The average Bonchev–Trinajstić information content (AvgIpc) is 3.12. The molecule has 1 aromatic heterocycles. The zero-order chi connectivity index (χ0) is 18.9. The van der Waals surface area contributed by atoms with Gasteiger partial charge in [-0.2, -0.15) is 18.3 Å². The SMILES string of the molecule is Cc1ccc(N(C)C(=O)c2ccc(-n3ccc(C(F)(F)F)n3)cc2)cc1. The molecule has 0 N–H and O–H groups in total. The number of hydrogen-bond donors (Lipinski definition) is 0. The highest BCUT2D eigenvalue weighted by atomic mass is 19.4. The predicted octanol–water partition coefficient (Wildman–Crippen LogP) is 4.48. The van der Waals surface area contributed by atoms with E-state index in [9.17, 15) is 18.0 Å². The van der Waals surface area contributed by atoms with Crippen molar-refractivity contribution in [2.75, 3.05) is 11.9 Å². The smallest absolute Gasteiger partial charge is 0.311 e. The van der Waals surface area contributed by atoms with Crippen molar-refractivity contribution in [2.24, 2.45) is 0 Å². The summed E-state index contributed by atoms with van der Waals surface area (Å²) in [6, 6.07) is 14.7. The van der Waals surface area contributed by atoms with Crippen molar-refractivity contribution in [1.29, 1.82) is 0 Å². The van der Waals surface area contributed by atoms with E-state index in [1.807, 2.05) is 31.2 Å². The van der Waals surface area contributed by atoms with Crippen LogP contribution in [0.15, 0.2) is 60.8 Å². The highest BCUT2D eigenvalue weighted by Crippen LogP contribution is 2.28. The van der Waals surface area contributed by atoms with Crippen molar-refractivity contribution in [3.05, 3.63) is 77.6 Å². The van der Waals surface area contributed by atoms with Crippen LogP contribution in [-0.2, 0) is 6.18 Å². The molecule has 0 radical (unpaired) electrons. The number of anilines is 1. The molecule has 3 aromatic rings. The first-order valence-electron chi connectivity index (χ1n) is 7.84. The van der Waals surface area contributed by atoms with Crippen molar-refractivity contribution >= 4 is 11.6 Å². The number of alkyl halides is 3. The maximum atomic E-state index is 12.6. The lowest BCUT2D eigenvalue weighted by Gasteiger charge is -2.17. The molecular formula is C19H16F3N3O. The summed E-state index contributed by atoms with van der Waals surface area (Å²) in [5.74, 6) is -0.211. The van der Waals surface area contributed by atoms with Crippen LogP contribution in [0.2, 0.25) is 0 Å². The van der Waals surface area contributed by atoms with Gasteiger partial charge in [-0.15, -0.1) is 0 Å². The number of rotatable bonds is 3. The van der Waals surface area contributed by atoms with Crippen molar-refractivity contribution in [1.82, 2.24) is 9.78 Å². The molecule has 0 aliphatic carbocycles. The van der Waals surface area contributed by atoms with Crippen LogP contribution in [0.5, 0.6) is 0 Å². The van der Waals surface area contributed by atoms with Crippen molar-refractivity contribution < 1.29 is 18.0 Å². The first-order valence-corrected chi connectivity index (χ1v) is 7.84. The van der Waals surface area contributed by atoms with Crippen LogP contribution in [0, 0.1) is 6.92 Å². The maximum absolute atomic E-state index is 12.6. The van der Waals surface area contributed by atoms with Crippen molar-refractivity contribution in [3.8, 4) is 5.69 Å². The quantitative estimate of drug-likeness (QED) is 0.692. The van der Waals surface area contributed by atoms with Gasteiger partial charge in [0.2, 0.25) is 0 Å². The number of carbonyl (C=O) groups excluding carboxylic acids is 1. The van der Waals surface area contributed by atoms with Gasteiger partial charge in [0, 0.05) is 24.5 Å². The summed E-state index contributed by atoms with van der Waals surface area (Å²) >= 11 is 0. The Labute approximate surface area is 148 Å². The minimum absolute atomic E-state index is 0.211. The van der Waals surface area contributed by atoms with Crippen molar-refractivity contribution in [2.45, 2.75) is 13.1 Å². The van der Waals surface area contributed by atoms with Gasteiger partial charge in [0.1, 0.15) is 0 Å². The van der Waals surface area contributed by atoms with Crippen LogP contribution in [-0.4, -0.2) is 22.7 Å². The molecule has 7 heteroatoms. The number of carbonyl (C=O) groups is 1. The van der Waals surface area contributed by atoms with Gasteiger partial charge < -0.3 is 4.90 Å². The highest BCUT2D eigenvalue weighted by molar-refractivity contribution is 6.05. The monoisotopic (exact) mass is 359 g/mol. The van der Waals surface area contributed by atoms with E-state index in [0.717, 1.165) is 22.0 Å². The molecule has 4 nitrogen and oxygen atoms in total. The van der Waals surface area contributed by atoms with E-state index in [-0.39, 0.29) is 5.91 Å². The summed E-state index contributed by atoms with van der Waals surface area (Å²) in [5.41, 5.74) is 1.76. The third-order valence-corrected chi connectivity index (χ3v) is 3.98. The van der Waals surface area contributed by atoms with Crippen LogP contribution < -0.4 is 4.90 Å². The predicted molar refractivity (Wildman–Crippen MR) is 92.5 cm³/mol. The molecule has 0 aliphatic heterocycles. The molecule has 0 fully saturated rings. The van der Waals surface area contributed by atoms with Crippen LogP contribution in [0.1, 0.15) is 21.6 Å². The van der Waals surface area contributed by atoms with Gasteiger partial charge >= 0.3 is 6.18 Å². The number of hydrogen-bond acceptors (Lipinski definition) is 2. The van der Waals surface area contributed by atoms with Gasteiger partial charge in [-0.05, 0) is 49.4 Å². The Kier molecular flexibility index (Phi) is 4.54. The highest BCUT2D eigenvalue weighted by Gasteiger charge is 2.33. The normalized spacial score (nSPS) is 11.4. The van der Waals surface area contributed by atoms with Crippen LogP contribution in [0.4, 0.5) is 18.9 Å². The Balaban J connectivity index is 1.79. The zero-order valence-corrected chi connectivity index (χ0v) is 14.2. The van der Waals surface area contributed by atoms with E-state index in [2.05, 4.69) is 5.10 Å². The van der Waals surface area contributed by atoms with Crippen molar-refractivity contribution in [3.63, 3.8) is 0 Å². The Bertz CT molecular complexity index is 912. The number of aryl methyl sites for hydroxylation is 1. The van der Waals surface area contributed by atoms with Gasteiger partial charge in [-0.3, -0.25) is 4.79 Å². The topological polar surface area (TPSA) is 38.1 Å². The largest absolute Gasteiger partial charge is 0.435 e. The fourth-order valence-corrected chi connectivity index (χ4v) is 2.45. The van der Waals surface area contributed by atoms with Gasteiger partial charge in [0.05, 0.1) is 5.69 Å². The number of amides is 1. The van der Waals surface area contributed by atoms with E-state index in [1.54, 1.807) is 31.3 Å². The maximum Gasteiger partial charge on any atom is 0.435 e. The molecule has 0 saturated heterocycles. The summed E-state index contributed by atoms with van der Waals surface area (Å²) in [5, 5.41) is 3.51. The molecule has 0 spiro atoms. The molecule has 3 rings (SSSR count). The van der Waals surface area contributed by atoms with E-state index >= 15 is 0 Å². The Morgan fingerprint density at radius 2 is 1.62 bits per heavy atom. The lowest BCUT2D eigenvalue weighted by atomic mass is 10.1. The van der Waals surface area contributed by atoms with Crippen LogP contribution in [0.25, 0.3) is 5.69 Å². The standard InChI is InChI=1S/C19H16F3N3O/c1-13-3-7-15(8-4-13)24(2)18(26)14-5-9-16(10-6-14)25-12-11-17(23-25)19(20,21)22/h3-12H,1-2H3. The van der Waals surface area contributed by atoms with E-state index in [1.165, 1.54) is 11.1 Å². The minimum atomic E-state index is -4.49. The summed E-state index contributed by atoms with van der Waals surface area (Å²) in [6.45, 7) is 1.96. The van der Waals surface area contributed by atoms with Gasteiger partial charge in [-0.25, -0.2) is 4.68 Å².